The number of ether oxygens (including phenoxy) is 1. The molecule has 0 aliphatic carbocycles. The minimum absolute atomic E-state index is 0.197. The molecule has 0 amide bonds. The normalized spacial score (nSPS) is 15.5. The van der Waals surface area contributed by atoms with E-state index in [0.717, 1.165) is 35.9 Å². The predicted molar refractivity (Wildman–Crippen MR) is 80.0 cm³/mol. The highest BCUT2D eigenvalue weighted by molar-refractivity contribution is 5.45. The number of H-pyrrole nitrogens is 1. The third-order valence-electron chi connectivity index (χ3n) is 3.95. The van der Waals surface area contributed by atoms with Crippen molar-refractivity contribution in [2.75, 3.05) is 20.2 Å². The summed E-state index contributed by atoms with van der Waals surface area (Å²) < 4.78 is 6.88. The van der Waals surface area contributed by atoms with Crippen LogP contribution in [0.1, 0.15) is 24.2 Å². The molecule has 21 heavy (non-hydrogen) atoms. The van der Waals surface area contributed by atoms with Gasteiger partial charge in [-0.15, -0.1) is 0 Å². The summed E-state index contributed by atoms with van der Waals surface area (Å²) in [5.74, 6) is 1.55. The highest BCUT2D eigenvalue weighted by Gasteiger charge is 2.18. The average molecular weight is 288 g/mol. The van der Waals surface area contributed by atoms with Crippen LogP contribution in [-0.2, 0) is 6.54 Å². The summed E-state index contributed by atoms with van der Waals surface area (Å²) in [5, 5.41) is 6.76. The summed E-state index contributed by atoms with van der Waals surface area (Å²) in [5.41, 5.74) is 1.64. The van der Waals surface area contributed by atoms with Crippen molar-refractivity contribution in [2.24, 2.45) is 0 Å². The molecule has 0 radical (unpaired) electrons. The van der Waals surface area contributed by atoms with Crippen LogP contribution in [0.4, 0.5) is 0 Å². The van der Waals surface area contributed by atoms with E-state index in [-0.39, 0.29) is 5.69 Å². The summed E-state index contributed by atoms with van der Waals surface area (Å²) in [6, 6.07) is 5.69. The molecule has 0 unspecified atom stereocenters. The lowest BCUT2D eigenvalue weighted by Crippen LogP contribution is -2.24. The van der Waals surface area contributed by atoms with Crippen molar-refractivity contribution in [3.8, 4) is 11.4 Å². The molecule has 112 valence electrons. The Morgan fingerprint density at radius 1 is 1.33 bits per heavy atom. The van der Waals surface area contributed by atoms with Crippen LogP contribution >= 0.6 is 0 Å². The van der Waals surface area contributed by atoms with Gasteiger partial charge in [0, 0.05) is 0 Å². The van der Waals surface area contributed by atoms with Gasteiger partial charge in [-0.3, -0.25) is 4.90 Å². The largest absolute Gasteiger partial charge is 0.497 e. The summed E-state index contributed by atoms with van der Waals surface area (Å²) in [4.78, 5) is 14.4. The molecule has 3 rings (SSSR count). The number of hydrogen-bond acceptors (Lipinski definition) is 4. The minimum Gasteiger partial charge on any atom is -0.497 e. The Balaban J connectivity index is 1.97. The predicted octanol–water partition coefficient (Wildman–Crippen LogP) is 1.47. The van der Waals surface area contributed by atoms with Crippen molar-refractivity contribution in [3.63, 3.8) is 0 Å². The number of benzene rings is 1. The standard InChI is InChI=1S/C15H20N4O2/c1-11-9-12(21-2)5-6-13(11)19-14(16-17-15(19)20)10-18-7-3-4-8-18/h5-6,9H,3-4,7-8,10H2,1-2H3,(H,17,20). The Kier molecular flexibility index (Phi) is 3.79. The first kappa shape index (κ1) is 13.9. The molecule has 1 saturated heterocycles. The molecule has 1 aliphatic heterocycles. The number of rotatable bonds is 4. The Hall–Kier alpha value is -2.08. The Morgan fingerprint density at radius 3 is 2.76 bits per heavy atom. The third-order valence-corrected chi connectivity index (χ3v) is 3.95. The molecule has 1 aromatic heterocycles. The van der Waals surface area contributed by atoms with Crippen molar-refractivity contribution in [2.45, 2.75) is 26.3 Å². The van der Waals surface area contributed by atoms with Gasteiger partial charge in [0.15, 0.2) is 5.82 Å². The lowest BCUT2D eigenvalue weighted by atomic mass is 10.2. The molecule has 1 N–H and O–H groups in total. The second-order valence-electron chi connectivity index (χ2n) is 5.42. The fourth-order valence-electron chi connectivity index (χ4n) is 2.83. The van der Waals surface area contributed by atoms with Crippen LogP contribution in [0.15, 0.2) is 23.0 Å². The van der Waals surface area contributed by atoms with Gasteiger partial charge in [0.05, 0.1) is 19.3 Å². The number of aromatic nitrogens is 3. The Bertz CT molecular complexity index is 683. The molecule has 0 bridgehead atoms. The van der Waals surface area contributed by atoms with Crippen LogP contribution in [0.25, 0.3) is 5.69 Å². The van der Waals surface area contributed by atoms with E-state index in [1.165, 1.54) is 12.8 Å². The topological polar surface area (TPSA) is 63.1 Å². The average Bonchev–Trinajstić information content (AvgIpc) is 3.10. The molecule has 2 aromatic rings. The van der Waals surface area contributed by atoms with Crippen LogP contribution < -0.4 is 10.4 Å². The lowest BCUT2D eigenvalue weighted by molar-refractivity contribution is 0.320. The molecule has 1 aromatic carbocycles. The highest BCUT2D eigenvalue weighted by Crippen LogP contribution is 2.21. The van der Waals surface area contributed by atoms with Crippen molar-refractivity contribution in [3.05, 3.63) is 40.1 Å². The fourth-order valence-corrected chi connectivity index (χ4v) is 2.83. The van der Waals surface area contributed by atoms with Gasteiger partial charge in [0.25, 0.3) is 0 Å². The van der Waals surface area contributed by atoms with E-state index >= 15 is 0 Å². The van der Waals surface area contributed by atoms with Gasteiger partial charge in [-0.2, -0.15) is 5.10 Å². The molecule has 2 heterocycles. The SMILES string of the molecule is COc1ccc(-n2c(CN3CCCC3)n[nH]c2=O)c(C)c1. The zero-order valence-corrected chi connectivity index (χ0v) is 12.4. The van der Waals surface area contributed by atoms with Gasteiger partial charge in [-0.1, -0.05) is 0 Å². The molecule has 1 aliphatic rings. The fraction of sp³-hybridized carbons (Fsp3) is 0.467. The molecule has 1 fully saturated rings. The monoisotopic (exact) mass is 288 g/mol. The van der Waals surface area contributed by atoms with E-state index in [1.54, 1.807) is 11.7 Å². The first-order valence-electron chi connectivity index (χ1n) is 7.22. The molecule has 0 saturated carbocycles. The van der Waals surface area contributed by atoms with Crippen molar-refractivity contribution in [1.82, 2.24) is 19.7 Å². The first-order chi connectivity index (χ1) is 10.2. The number of likely N-dealkylation sites (tertiary alicyclic amines) is 1. The van der Waals surface area contributed by atoms with E-state index in [1.807, 2.05) is 25.1 Å². The van der Waals surface area contributed by atoms with Gasteiger partial charge < -0.3 is 4.74 Å². The molecule has 0 spiro atoms. The zero-order valence-electron chi connectivity index (χ0n) is 12.4. The summed E-state index contributed by atoms with van der Waals surface area (Å²) in [6.07, 6.45) is 2.44. The molecule has 6 heteroatoms. The maximum absolute atomic E-state index is 12.1. The van der Waals surface area contributed by atoms with E-state index in [4.69, 9.17) is 4.74 Å². The lowest BCUT2D eigenvalue weighted by Gasteiger charge is -2.15. The maximum atomic E-state index is 12.1. The number of aryl methyl sites for hydroxylation is 1. The number of aromatic amines is 1. The molecular weight excluding hydrogens is 268 g/mol. The highest BCUT2D eigenvalue weighted by atomic mass is 16.5. The van der Waals surface area contributed by atoms with E-state index < -0.39 is 0 Å². The van der Waals surface area contributed by atoms with Crippen LogP contribution in [0, 0.1) is 6.92 Å². The second kappa shape index (κ2) is 5.73. The molecular formula is C15H20N4O2. The van der Waals surface area contributed by atoms with Gasteiger partial charge in [-0.05, 0) is 56.6 Å². The van der Waals surface area contributed by atoms with Gasteiger partial charge in [0.1, 0.15) is 5.75 Å². The van der Waals surface area contributed by atoms with Gasteiger partial charge in [-0.25, -0.2) is 14.5 Å². The summed E-state index contributed by atoms with van der Waals surface area (Å²) >= 11 is 0. The quantitative estimate of drug-likeness (QED) is 0.925. The second-order valence-corrected chi connectivity index (χ2v) is 5.42. The van der Waals surface area contributed by atoms with Crippen LogP contribution in [0.3, 0.4) is 0 Å². The van der Waals surface area contributed by atoms with E-state index in [2.05, 4.69) is 15.1 Å². The number of methoxy groups -OCH3 is 1. The number of nitrogens with zero attached hydrogens (tertiary/aromatic N) is 3. The minimum atomic E-state index is -0.197. The Labute approximate surface area is 123 Å². The van der Waals surface area contributed by atoms with Gasteiger partial charge in [0.2, 0.25) is 0 Å². The van der Waals surface area contributed by atoms with Crippen LogP contribution in [0.5, 0.6) is 5.75 Å². The Morgan fingerprint density at radius 2 is 2.10 bits per heavy atom. The summed E-state index contributed by atoms with van der Waals surface area (Å²) in [6.45, 7) is 4.81. The van der Waals surface area contributed by atoms with Crippen LogP contribution in [-0.4, -0.2) is 39.9 Å². The molecule has 0 atom stereocenters. The summed E-state index contributed by atoms with van der Waals surface area (Å²) in [7, 11) is 1.64. The van der Waals surface area contributed by atoms with Crippen LogP contribution in [0.2, 0.25) is 0 Å². The third kappa shape index (κ3) is 2.71. The van der Waals surface area contributed by atoms with E-state index in [0.29, 0.717) is 6.54 Å². The first-order valence-corrected chi connectivity index (χ1v) is 7.22. The maximum Gasteiger partial charge on any atom is 0.347 e. The van der Waals surface area contributed by atoms with Crippen molar-refractivity contribution in [1.29, 1.82) is 0 Å². The van der Waals surface area contributed by atoms with Crippen molar-refractivity contribution >= 4 is 0 Å². The number of nitrogens with one attached hydrogen (secondary N) is 1. The van der Waals surface area contributed by atoms with E-state index in [9.17, 15) is 4.79 Å². The smallest absolute Gasteiger partial charge is 0.347 e. The zero-order chi connectivity index (χ0) is 14.8. The van der Waals surface area contributed by atoms with Crippen molar-refractivity contribution < 1.29 is 4.74 Å². The molecule has 6 nitrogen and oxygen atoms in total. The van der Waals surface area contributed by atoms with Gasteiger partial charge >= 0.3 is 5.69 Å². The number of hydrogen-bond donors (Lipinski definition) is 1.